The van der Waals surface area contributed by atoms with E-state index in [0.717, 1.165) is 12.8 Å². The molecule has 0 amide bonds. The fourth-order valence-corrected chi connectivity index (χ4v) is 3.95. The van der Waals surface area contributed by atoms with E-state index >= 15 is 0 Å². The summed E-state index contributed by atoms with van der Waals surface area (Å²) >= 11 is 0. The Kier molecular flexibility index (Phi) is 4.08. The zero-order valence-electron chi connectivity index (χ0n) is 12.2. The predicted octanol–water partition coefficient (Wildman–Crippen LogP) is 0.735. The molecule has 0 unspecified atom stereocenters. The molecule has 3 N–H and O–H groups in total. The minimum Gasteiger partial charge on any atom is -0.382 e. The van der Waals surface area contributed by atoms with Gasteiger partial charge >= 0.3 is 0 Å². The van der Waals surface area contributed by atoms with Crippen LogP contribution in [0.1, 0.15) is 39.7 Å². The standard InChI is InChI=1S/C12H23N5O2S/c1-12(2,3)15-20(18,19)16-7-4-10(5-8-16)17-9-6-11(13)14-17/h6,9-10,15H,4-5,7-8H2,1-3H3,(H2,13,14). The van der Waals surface area contributed by atoms with Gasteiger partial charge in [-0.25, -0.2) is 0 Å². The maximum atomic E-state index is 12.2. The molecule has 0 spiro atoms. The second-order valence-corrected chi connectivity index (χ2v) is 7.88. The van der Waals surface area contributed by atoms with E-state index in [1.807, 2.05) is 31.6 Å². The van der Waals surface area contributed by atoms with Gasteiger partial charge in [-0.15, -0.1) is 0 Å². The highest BCUT2D eigenvalue weighted by Gasteiger charge is 2.31. The van der Waals surface area contributed by atoms with E-state index < -0.39 is 15.7 Å². The smallest absolute Gasteiger partial charge is 0.279 e. The molecule has 1 aromatic rings. The molecule has 0 radical (unpaired) electrons. The highest BCUT2D eigenvalue weighted by Crippen LogP contribution is 2.24. The number of anilines is 1. The summed E-state index contributed by atoms with van der Waals surface area (Å²) in [6, 6.07) is 1.97. The Labute approximate surface area is 120 Å². The Bertz CT molecular complexity index is 553. The van der Waals surface area contributed by atoms with E-state index in [4.69, 9.17) is 5.73 Å². The molecule has 0 saturated carbocycles. The fraction of sp³-hybridized carbons (Fsp3) is 0.750. The monoisotopic (exact) mass is 301 g/mol. The molecular formula is C12H23N5O2S. The molecule has 0 atom stereocenters. The van der Waals surface area contributed by atoms with Crippen LogP contribution in [0.3, 0.4) is 0 Å². The number of nitrogens with one attached hydrogen (secondary N) is 1. The normalized spacial score (nSPS) is 19.4. The van der Waals surface area contributed by atoms with E-state index in [-0.39, 0.29) is 6.04 Å². The van der Waals surface area contributed by atoms with Crippen molar-refractivity contribution in [3.05, 3.63) is 12.3 Å². The molecule has 7 nitrogen and oxygen atoms in total. The fourth-order valence-electron chi connectivity index (χ4n) is 2.35. The van der Waals surface area contributed by atoms with Crippen molar-refractivity contribution in [2.24, 2.45) is 0 Å². The summed E-state index contributed by atoms with van der Waals surface area (Å²) in [4.78, 5) is 0. The van der Waals surface area contributed by atoms with E-state index in [0.29, 0.717) is 18.9 Å². The van der Waals surface area contributed by atoms with Crippen LogP contribution in [0.5, 0.6) is 0 Å². The molecule has 0 bridgehead atoms. The van der Waals surface area contributed by atoms with Crippen molar-refractivity contribution >= 4 is 16.0 Å². The van der Waals surface area contributed by atoms with E-state index in [9.17, 15) is 8.42 Å². The van der Waals surface area contributed by atoms with Crippen molar-refractivity contribution in [1.82, 2.24) is 18.8 Å². The summed E-state index contributed by atoms with van der Waals surface area (Å²) in [6.45, 7) is 6.50. The predicted molar refractivity (Wildman–Crippen MR) is 78.3 cm³/mol. The lowest BCUT2D eigenvalue weighted by Gasteiger charge is -2.33. The highest BCUT2D eigenvalue weighted by molar-refractivity contribution is 7.87. The number of nitrogens with two attached hydrogens (primary N) is 1. The minimum absolute atomic E-state index is 0.216. The van der Waals surface area contributed by atoms with Gasteiger partial charge in [-0.1, -0.05) is 0 Å². The molecule has 2 heterocycles. The van der Waals surface area contributed by atoms with Gasteiger partial charge in [-0.05, 0) is 39.7 Å². The summed E-state index contributed by atoms with van der Waals surface area (Å²) in [7, 11) is -3.41. The molecule has 1 aliphatic heterocycles. The first-order valence-electron chi connectivity index (χ1n) is 6.77. The maximum absolute atomic E-state index is 12.2. The number of hydrogen-bond acceptors (Lipinski definition) is 4. The van der Waals surface area contributed by atoms with Crippen molar-refractivity contribution in [1.29, 1.82) is 0 Å². The Balaban J connectivity index is 1.97. The Morgan fingerprint density at radius 1 is 1.35 bits per heavy atom. The highest BCUT2D eigenvalue weighted by atomic mass is 32.2. The van der Waals surface area contributed by atoms with Gasteiger partial charge in [0.05, 0.1) is 6.04 Å². The van der Waals surface area contributed by atoms with Crippen LogP contribution in [0.25, 0.3) is 0 Å². The van der Waals surface area contributed by atoms with Gasteiger partial charge in [0.1, 0.15) is 5.82 Å². The summed E-state index contributed by atoms with van der Waals surface area (Å²) in [5, 5.41) is 4.19. The summed E-state index contributed by atoms with van der Waals surface area (Å²) in [5.74, 6) is 0.495. The van der Waals surface area contributed by atoms with Crippen molar-refractivity contribution in [2.75, 3.05) is 18.8 Å². The molecule has 1 aliphatic rings. The van der Waals surface area contributed by atoms with E-state index in [1.54, 1.807) is 6.07 Å². The average molecular weight is 301 g/mol. The lowest BCUT2D eigenvalue weighted by Crippen LogP contribution is -2.51. The third-order valence-electron chi connectivity index (χ3n) is 3.20. The largest absolute Gasteiger partial charge is 0.382 e. The van der Waals surface area contributed by atoms with Crippen LogP contribution in [0.15, 0.2) is 12.3 Å². The molecule has 1 saturated heterocycles. The SMILES string of the molecule is CC(C)(C)NS(=O)(=O)N1CCC(n2ccc(N)n2)CC1. The lowest BCUT2D eigenvalue weighted by molar-refractivity contribution is 0.256. The molecular weight excluding hydrogens is 278 g/mol. The zero-order valence-corrected chi connectivity index (χ0v) is 13.0. The molecule has 8 heteroatoms. The van der Waals surface area contributed by atoms with Gasteiger partial charge in [0.25, 0.3) is 10.2 Å². The van der Waals surface area contributed by atoms with Gasteiger partial charge in [-0.2, -0.15) is 22.5 Å². The van der Waals surface area contributed by atoms with Gasteiger partial charge in [0.2, 0.25) is 0 Å². The van der Waals surface area contributed by atoms with Crippen LogP contribution in [0.4, 0.5) is 5.82 Å². The maximum Gasteiger partial charge on any atom is 0.279 e. The molecule has 2 rings (SSSR count). The molecule has 114 valence electrons. The number of nitrogen functional groups attached to an aromatic ring is 1. The number of piperidine rings is 1. The number of hydrogen-bond donors (Lipinski definition) is 2. The van der Waals surface area contributed by atoms with Crippen LogP contribution in [0.2, 0.25) is 0 Å². The number of nitrogens with zero attached hydrogens (tertiary/aromatic N) is 3. The van der Waals surface area contributed by atoms with Crippen LogP contribution in [0, 0.1) is 0 Å². The van der Waals surface area contributed by atoms with Crippen molar-refractivity contribution in [3.63, 3.8) is 0 Å². The van der Waals surface area contributed by atoms with E-state index in [2.05, 4.69) is 9.82 Å². The van der Waals surface area contributed by atoms with Gasteiger partial charge in [-0.3, -0.25) is 4.68 Å². The number of aromatic nitrogens is 2. The summed E-state index contributed by atoms with van der Waals surface area (Å²) in [5.41, 5.74) is 5.14. The topological polar surface area (TPSA) is 93.2 Å². The van der Waals surface area contributed by atoms with Crippen LogP contribution in [-0.4, -0.2) is 41.1 Å². The second kappa shape index (κ2) is 5.34. The summed E-state index contributed by atoms with van der Waals surface area (Å²) < 4.78 is 30.5. The third kappa shape index (κ3) is 3.71. The Morgan fingerprint density at radius 3 is 2.40 bits per heavy atom. The van der Waals surface area contributed by atoms with Gasteiger partial charge in [0, 0.05) is 24.8 Å². The zero-order chi connectivity index (χ0) is 15.0. The van der Waals surface area contributed by atoms with Crippen LogP contribution in [-0.2, 0) is 10.2 Å². The third-order valence-corrected chi connectivity index (χ3v) is 5.12. The minimum atomic E-state index is -3.41. The Morgan fingerprint density at radius 2 is 1.95 bits per heavy atom. The molecule has 1 fully saturated rings. The average Bonchev–Trinajstić information content (AvgIpc) is 2.73. The van der Waals surface area contributed by atoms with Crippen LogP contribution >= 0.6 is 0 Å². The van der Waals surface area contributed by atoms with E-state index in [1.165, 1.54) is 4.31 Å². The van der Waals surface area contributed by atoms with Crippen molar-refractivity contribution in [2.45, 2.75) is 45.2 Å². The summed E-state index contributed by atoms with van der Waals surface area (Å²) in [6.07, 6.45) is 3.33. The second-order valence-electron chi connectivity index (χ2n) is 6.21. The molecule has 0 aromatic carbocycles. The van der Waals surface area contributed by atoms with Crippen molar-refractivity contribution < 1.29 is 8.42 Å². The molecule has 1 aromatic heterocycles. The van der Waals surface area contributed by atoms with Gasteiger partial charge in [0.15, 0.2) is 0 Å². The molecule has 20 heavy (non-hydrogen) atoms. The van der Waals surface area contributed by atoms with Crippen molar-refractivity contribution in [3.8, 4) is 0 Å². The Hall–Kier alpha value is -1.12. The molecule has 0 aliphatic carbocycles. The lowest BCUT2D eigenvalue weighted by atomic mass is 10.1. The first-order valence-corrected chi connectivity index (χ1v) is 8.21. The first-order chi connectivity index (χ1) is 9.17. The first kappa shape index (κ1) is 15.3. The number of rotatable bonds is 3. The quantitative estimate of drug-likeness (QED) is 0.861. The van der Waals surface area contributed by atoms with Crippen LogP contribution < -0.4 is 10.5 Å². The van der Waals surface area contributed by atoms with Gasteiger partial charge < -0.3 is 5.73 Å².